The van der Waals surface area contributed by atoms with E-state index in [2.05, 4.69) is 31.3 Å². The van der Waals surface area contributed by atoms with Gasteiger partial charge in [0.2, 0.25) is 5.88 Å². The molecule has 7 heteroatoms. The van der Waals surface area contributed by atoms with Crippen molar-refractivity contribution < 1.29 is 9.13 Å². The van der Waals surface area contributed by atoms with Gasteiger partial charge in [0.05, 0.1) is 18.8 Å². The highest BCUT2D eigenvalue weighted by Gasteiger charge is 2.15. The first kappa shape index (κ1) is 14.8. The van der Waals surface area contributed by atoms with Gasteiger partial charge in [-0.05, 0) is 24.1 Å². The lowest BCUT2D eigenvalue weighted by atomic mass is 10.0. The number of nitrogens with two attached hydrogens (primary N) is 1. The number of methoxy groups -OCH3 is 1. The van der Waals surface area contributed by atoms with E-state index >= 15 is 0 Å². The third kappa shape index (κ3) is 3.50. The molecule has 0 aliphatic rings. The van der Waals surface area contributed by atoms with Crippen LogP contribution in [-0.4, -0.2) is 17.1 Å². The topological polar surface area (TPSA) is 73.1 Å². The summed E-state index contributed by atoms with van der Waals surface area (Å²) < 4.78 is 19.6. The molecule has 2 aromatic rings. The number of nitrogens with one attached hydrogen (secondary N) is 1. The molecule has 0 saturated heterocycles. The van der Waals surface area contributed by atoms with E-state index in [4.69, 9.17) is 10.6 Å². The van der Waals surface area contributed by atoms with E-state index in [-0.39, 0.29) is 11.9 Å². The third-order valence-corrected chi connectivity index (χ3v) is 3.36. The van der Waals surface area contributed by atoms with E-state index in [1.54, 1.807) is 18.2 Å². The van der Waals surface area contributed by atoms with Crippen LogP contribution in [0, 0.1) is 5.82 Å². The molecule has 1 heterocycles. The van der Waals surface area contributed by atoms with Gasteiger partial charge in [-0.1, -0.05) is 22.0 Å². The second kappa shape index (κ2) is 6.74. The van der Waals surface area contributed by atoms with Gasteiger partial charge in [0, 0.05) is 10.5 Å². The second-order valence-corrected chi connectivity index (χ2v) is 5.06. The molecule has 3 N–H and O–H groups in total. The van der Waals surface area contributed by atoms with Gasteiger partial charge in [-0.25, -0.2) is 14.4 Å². The first-order valence-electron chi connectivity index (χ1n) is 5.90. The van der Waals surface area contributed by atoms with Crippen molar-refractivity contribution >= 4 is 15.9 Å². The zero-order chi connectivity index (χ0) is 14.5. The fourth-order valence-electron chi connectivity index (χ4n) is 1.81. The minimum atomic E-state index is -0.331. The molecule has 106 valence electrons. The SMILES string of the molecule is COc1cc(C(Cc2ccc(Br)cc2F)NN)ncn1. The average molecular weight is 341 g/mol. The molecular weight excluding hydrogens is 327 g/mol. The molecule has 1 atom stereocenters. The molecular formula is C13H14BrFN4O. The number of rotatable bonds is 5. The Morgan fingerprint density at radius 1 is 1.40 bits per heavy atom. The maximum atomic E-state index is 13.9. The Morgan fingerprint density at radius 2 is 2.20 bits per heavy atom. The van der Waals surface area contributed by atoms with Crippen molar-refractivity contribution in [3.8, 4) is 5.88 Å². The zero-order valence-corrected chi connectivity index (χ0v) is 12.4. The van der Waals surface area contributed by atoms with Crippen molar-refractivity contribution in [1.82, 2.24) is 15.4 Å². The summed E-state index contributed by atoms with van der Waals surface area (Å²) >= 11 is 3.23. The summed E-state index contributed by atoms with van der Waals surface area (Å²) in [5, 5.41) is 0. The Kier molecular flexibility index (Phi) is 4.99. The number of nitrogens with zero attached hydrogens (tertiary/aromatic N) is 2. The summed E-state index contributed by atoms with van der Waals surface area (Å²) in [5.41, 5.74) is 3.83. The van der Waals surface area contributed by atoms with Crippen LogP contribution in [0.3, 0.4) is 0 Å². The Morgan fingerprint density at radius 3 is 2.85 bits per heavy atom. The van der Waals surface area contributed by atoms with Gasteiger partial charge < -0.3 is 4.74 Å². The van der Waals surface area contributed by atoms with Crippen LogP contribution in [0.5, 0.6) is 5.88 Å². The highest BCUT2D eigenvalue weighted by molar-refractivity contribution is 9.10. The van der Waals surface area contributed by atoms with Crippen LogP contribution in [0.25, 0.3) is 0 Å². The Hall–Kier alpha value is -1.57. The minimum Gasteiger partial charge on any atom is -0.481 e. The number of aromatic nitrogens is 2. The van der Waals surface area contributed by atoms with Crippen LogP contribution in [0.15, 0.2) is 35.1 Å². The maximum Gasteiger partial charge on any atom is 0.216 e. The smallest absolute Gasteiger partial charge is 0.216 e. The van der Waals surface area contributed by atoms with Crippen molar-refractivity contribution in [1.29, 1.82) is 0 Å². The highest BCUT2D eigenvalue weighted by atomic mass is 79.9. The summed E-state index contributed by atoms with van der Waals surface area (Å²) in [7, 11) is 1.52. The molecule has 0 spiro atoms. The number of benzene rings is 1. The molecule has 1 aromatic carbocycles. The lowest BCUT2D eigenvalue weighted by Crippen LogP contribution is -2.30. The van der Waals surface area contributed by atoms with Crippen LogP contribution in [-0.2, 0) is 6.42 Å². The van der Waals surface area contributed by atoms with E-state index in [1.807, 2.05) is 0 Å². The van der Waals surface area contributed by atoms with E-state index in [9.17, 15) is 4.39 Å². The van der Waals surface area contributed by atoms with Crippen molar-refractivity contribution in [2.24, 2.45) is 5.84 Å². The number of hydrogen-bond acceptors (Lipinski definition) is 5. The quantitative estimate of drug-likeness (QED) is 0.644. The summed E-state index contributed by atoms with van der Waals surface area (Å²) in [5.74, 6) is 5.69. The van der Waals surface area contributed by atoms with E-state index < -0.39 is 0 Å². The van der Waals surface area contributed by atoms with Crippen molar-refractivity contribution in [3.05, 3.63) is 52.1 Å². The van der Waals surface area contributed by atoms with Gasteiger partial charge in [0.1, 0.15) is 12.1 Å². The number of ether oxygens (including phenoxy) is 1. The van der Waals surface area contributed by atoms with Crippen LogP contribution < -0.4 is 16.0 Å². The first-order chi connectivity index (χ1) is 9.63. The molecule has 0 fully saturated rings. The van der Waals surface area contributed by atoms with E-state index in [1.165, 1.54) is 19.5 Å². The van der Waals surface area contributed by atoms with E-state index in [0.717, 1.165) is 0 Å². The predicted octanol–water partition coefficient (Wildman–Crippen LogP) is 2.13. The van der Waals surface area contributed by atoms with Gasteiger partial charge in [0.25, 0.3) is 0 Å². The second-order valence-electron chi connectivity index (χ2n) is 4.14. The van der Waals surface area contributed by atoms with Crippen LogP contribution in [0.2, 0.25) is 0 Å². The summed E-state index contributed by atoms with van der Waals surface area (Å²) in [6.07, 6.45) is 1.76. The normalized spacial score (nSPS) is 12.2. The monoisotopic (exact) mass is 340 g/mol. The molecule has 0 radical (unpaired) electrons. The maximum absolute atomic E-state index is 13.9. The standard InChI is InChI=1S/C13H14BrFN4O/c1-20-13-6-11(17-7-18-13)12(19-16)4-8-2-3-9(14)5-10(8)15/h2-3,5-7,12,19H,4,16H2,1H3. The van der Waals surface area contributed by atoms with Gasteiger partial charge in [-0.3, -0.25) is 11.3 Å². The minimum absolute atomic E-state index is 0.291. The van der Waals surface area contributed by atoms with Gasteiger partial charge in [-0.15, -0.1) is 0 Å². The molecule has 2 rings (SSSR count). The van der Waals surface area contributed by atoms with E-state index in [0.29, 0.717) is 28.0 Å². The van der Waals surface area contributed by atoms with Crippen molar-refractivity contribution in [2.45, 2.75) is 12.5 Å². The molecule has 0 bridgehead atoms. The Bertz CT molecular complexity index is 596. The Labute approximate surface area is 124 Å². The summed E-state index contributed by atoms with van der Waals surface area (Å²) in [6, 6.07) is 6.25. The largest absolute Gasteiger partial charge is 0.481 e. The predicted molar refractivity (Wildman–Crippen MR) is 76.5 cm³/mol. The molecule has 0 aliphatic heterocycles. The molecule has 0 saturated carbocycles. The molecule has 0 amide bonds. The van der Waals surface area contributed by atoms with Gasteiger partial charge in [-0.2, -0.15) is 0 Å². The van der Waals surface area contributed by atoms with Crippen LogP contribution in [0.4, 0.5) is 4.39 Å². The number of halogens is 2. The fraction of sp³-hybridized carbons (Fsp3) is 0.231. The molecule has 5 nitrogen and oxygen atoms in total. The average Bonchev–Trinajstić information content (AvgIpc) is 2.46. The molecule has 0 aliphatic carbocycles. The lowest BCUT2D eigenvalue weighted by molar-refractivity contribution is 0.393. The molecule has 1 unspecified atom stereocenters. The third-order valence-electron chi connectivity index (χ3n) is 2.87. The number of hydrazine groups is 1. The molecule has 20 heavy (non-hydrogen) atoms. The first-order valence-corrected chi connectivity index (χ1v) is 6.69. The molecule has 1 aromatic heterocycles. The van der Waals surface area contributed by atoms with Crippen LogP contribution >= 0.6 is 15.9 Å². The van der Waals surface area contributed by atoms with Gasteiger partial charge >= 0.3 is 0 Å². The van der Waals surface area contributed by atoms with Crippen molar-refractivity contribution in [2.75, 3.05) is 7.11 Å². The fourth-order valence-corrected chi connectivity index (χ4v) is 2.14. The van der Waals surface area contributed by atoms with Gasteiger partial charge in [0.15, 0.2) is 0 Å². The van der Waals surface area contributed by atoms with Crippen LogP contribution in [0.1, 0.15) is 17.3 Å². The Balaban J connectivity index is 2.23. The van der Waals surface area contributed by atoms with Crippen molar-refractivity contribution in [3.63, 3.8) is 0 Å². The lowest BCUT2D eigenvalue weighted by Gasteiger charge is -2.16. The highest BCUT2D eigenvalue weighted by Crippen LogP contribution is 2.22. The summed E-state index contributed by atoms with van der Waals surface area (Å²) in [4.78, 5) is 8.07. The summed E-state index contributed by atoms with van der Waals surface area (Å²) in [6.45, 7) is 0. The zero-order valence-electron chi connectivity index (χ0n) is 10.8. The number of hydrogen-bond donors (Lipinski definition) is 2.